The van der Waals surface area contributed by atoms with E-state index in [4.69, 9.17) is 0 Å². The molecule has 1 atom stereocenters. The summed E-state index contributed by atoms with van der Waals surface area (Å²) in [5.41, 5.74) is 0.757. The second-order valence-electron chi connectivity index (χ2n) is 5.41. The third-order valence-corrected chi connectivity index (χ3v) is 5.31. The van der Waals surface area contributed by atoms with Gasteiger partial charge in [0.15, 0.2) is 11.5 Å². The van der Waals surface area contributed by atoms with E-state index in [1.807, 2.05) is 6.92 Å². The van der Waals surface area contributed by atoms with Crippen LogP contribution in [0.2, 0.25) is 0 Å². The molecule has 0 saturated carbocycles. The number of hydrogen-bond acceptors (Lipinski definition) is 4. The summed E-state index contributed by atoms with van der Waals surface area (Å²) in [6, 6.07) is 6.00. The highest BCUT2D eigenvalue weighted by Crippen LogP contribution is 2.24. The Morgan fingerprint density at radius 1 is 1.42 bits per heavy atom. The van der Waals surface area contributed by atoms with E-state index < -0.39 is 22.7 Å². The van der Waals surface area contributed by atoms with E-state index in [0.717, 1.165) is 0 Å². The number of anilines is 2. The number of fused-ring (bicyclic) bond motifs is 1. The van der Waals surface area contributed by atoms with Crippen molar-refractivity contribution in [2.24, 2.45) is 0 Å². The maximum atomic E-state index is 14.6. The standard InChI is InChI=1S/C16H15BrFN5O2S/c1-2-6-26(25)23-12-5-3-4-10(13(12)18)16(24)20-9-7-11-14(17)21-22-15(11)19-8-9/h3-5,7-8,23H,2,6H2,1H3,(H,20,24)(H,19,21,22). The van der Waals surface area contributed by atoms with Crippen molar-refractivity contribution in [3.8, 4) is 0 Å². The number of amides is 1. The van der Waals surface area contributed by atoms with Crippen LogP contribution in [-0.2, 0) is 11.0 Å². The van der Waals surface area contributed by atoms with Gasteiger partial charge in [-0.2, -0.15) is 5.10 Å². The van der Waals surface area contributed by atoms with Gasteiger partial charge in [-0.3, -0.25) is 9.89 Å². The van der Waals surface area contributed by atoms with Gasteiger partial charge in [0.2, 0.25) is 0 Å². The number of carbonyl (C=O) groups excluding carboxylic acids is 1. The second kappa shape index (κ2) is 7.92. The maximum absolute atomic E-state index is 14.6. The Bertz CT molecular complexity index is 994. The number of carbonyl (C=O) groups is 1. The average molecular weight is 440 g/mol. The number of halogens is 2. The minimum Gasteiger partial charge on any atom is -0.320 e. The molecule has 0 saturated heterocycles. The Kier molecular flexibility index (Phi) is 5.62. The Balaban J connectivity index is 1.82. The van der Waals surface area contributed by atoms with Crippen LogP contribution in [0, 0.1) is 5.82 Å². The summed E-state index contributed by atoms with van der Waals surface area (Å²) in [4.78, 5) is 16.6. The van der Waals surface area contributed by atoms with Gasteiger partial charge in [0.25, 0.3) is 5.91 Å². The molecule has 3 aromatic rings. The fourth-order valence-corrected chi connectivity index (χ4v) is 3.54. The van der Waals surface area contributed by atoms with E-state index in [2.05, 4.69) is 41.2 Å². The molecule has 136 valence electrons. The number of benzene rings is 1. The number of aromatic nitrogens is 3. The monoisotopic (exact) mass is 439 g/mol. The molecule has 0 aliphatic heterocycles. The lowest BCUT2D eigenvalue weighted by molar-refractivity contribution is 0.102. The van der Waals surface area contributed by atoms with Gasteiger partial charge >= 0.3 is 0 Å². The van der Waals surface area contributed by atoms with Crippen molar-refractivity contribution in [1.82, 2.24) is 15.2 Å². The molecule has 0 spiro atoms. The fourth-order valence-electron chi connectivity index (χ4n) is 2.28. The van der Waals surface area contributed by atoms with Gasteiger partial charge in [0.05, 0.1) is 28.5 Å². The van der Waals surface area contributed by atoms with Gasteiger partial charge in [0, 0.05) is 5.75 Å². The lowest BCUT2D eigenvalue weighted by Crippen LogP contribution is -2.16. The molecule has 3 rings (SSSR count). The predicted molar refractivity (Wildman–Crippen MR) is 103 cm³/mol. The summed E-state index contributed by atoms with van der Waals surface area (Å²) in [5, 5.41) is 10.00. The van der Waals surface area contributed by atoms with Gasteiger partial charge in [-0.15, -0.1) is 0 Å². The Morgan fingerprint density at radius 3 is 3.00 bits per heavy atom. The van der Waals surface area contributed by atoms with Crippen molar-refractivity contribution in [3.05, 3.63) is 46.4 Å². The number of aromatic amines is 1. The van der Waals surface area contributed by atoms with E-state index in [1.54, 1.807) is 6.07 Å². The summed E-state index contributed by atoms with van der Waals surface area (Å²) in [6.45, 7) is 1.88. The van der Waals surface area contributed by atoms with E-state index in [9.17, 15) is 13.4 Å². The molecule has 2 aromatic heterocycles. The van der Waals surface area contributed by atoms with Crippen molar-refractivity contribution in [2.45, 2.75) is 13.3 Å². The quantitative estimate of drug-likeness (QED) is 0.546. The molecular formula is C16H15BrFN5O2S. The third kappa shape index (κ3) is 3.91. The largest absolute Gasteiger partial charge is 0.320 e. The second-order valence-corrected chi connectivity index (χ2v) is 7.50. The van der Waals surface area contributed by atoms with Gasteiger partial charge in [-0.25, -0.2) is 13.6 Å². The Labute approximate surface area is 159 Å². The minimum atomic E-state index is -1.40. The van der Waals surface area contributed by atoms with Crippen LogP contribution in [0.4, 0.5) is 15.8 Å². The molecule has 3 N–H and O–H groups in total. The van der Waals surface area contributed by atoms with Crippen LogP contribution in [0.25, 0.3) is 11.0 Å². The van der Waals surface area contributed by atoms with Crippen LogP contribution in [0.15, 0.2) is 35.1 Å². The van der Waals surface area contributed by atoms with Gasteiger partial charge in [-0.1, -0.05) is 13.0 Å². The zero-order valence-electron chi connectivity index (χ0n) is 13.7. The summed E-state index contributed by atoms with van der Waals surface area (Å²) in [6.07, 6.45) is 2.13. The number of rotatable bonds is 6. The average Bonchev–Trinajstić information content (AvgIpc) is 2.97. The Morgan fingerprint density at radius 2 is 2.23 bits per heavy atom. The van der Waals surface area contributed by atoms with Gasteiger partial charge in [-0.05, 0) is 40.5 Å². The lowest BCUT2D eigenvalue weighted by atomic mass is 10.1. The molecule has 10 heteroatoms. The van der Waals surface area contributed by atoms with E-state index in [-0.39, 0.29) is 11.3 Å². The van der Waals surface area contributed by atoms with Crippen LogP contribution >= 0.6 is 15.9 Å². The number of H-pyrrole nitrogens is 1. The van der Waals surface area contributed by atoms with Crippen molar-refractivity contribution in [3.63, 3.8) is 0 Å². The molecule has 1 aromatic carbocycles. The lowest BCUT2D eigenvalue weighted by Gasteiger charge is -2.10. The first-order chi connectivity index (χ1) is 12.5. The van der Waals surface area contributed by atoms with Crippen LogP contribution in [0.3, 0.4) is 0 Å². The van der Waals surface area contributed by atoms with Crippen LogP contribution in [0.5, 0.6) is 0 Å². The molecule has 7 nitrogen and oxygen atoms in total. The number of pyridine rings is 1. The van der Waals surface area contributed by atoms with Crippen LogP contribution < -0.4 is 10.0 Å². The first kappa shape index (κ1) is 18.5. The molecule has 1 amide bonds. The molecule has 26 heavy (non-hydrogen) atoms. The minimum absolute atomic E-state index is 0.0237. The van der Waals surface area contributed by atoms with Gasteiger partial charge < -0.3 is 10.0 Å². The highest BCUT2D eigenvalue weighted by molar-refractivity contribution is 9.10. The predicted octanol–water partition coefficient (Wildman–Crippen LogP) is 3.60. The van der Waals surface area contributed by atoms with Crippen molar-refractivity contribution < 1.29 is 13.4 Å². The third-order valence-electron chi connectivity index (χ3n) is 3.48. The molecule has 0 fully saturated rings. The first-order valence-corrected chi connectivity index (χ1v) is 9.85. The number of hydrogen-bond donors (Lipinski definition) is 3. The molecule has 0 radical (unpaired) electrons. The maximum Gasteiger partial charge on any atom is 0.258 e. The van der Waals surface area contributed by atoms with Crippen molar-refractivity contribution in [1.29, 1.82) is 0 Å². The van der Waals surface area contributed by atoms with Crippen molar-refractivity contribution in [2.75, 3.05) is 15.8 Å². The summed E-state index contributed by atoms with van der Waals surface area (Å²) in [5.74, 6) is -0.998. The highest BCUT2D eigenvalue weighted by atomic mass is 79.9. The van der Waals surface area contributed by atoms with E-state index in [1.165, 1.54) is 24.4 Å². The Hall–Kier alpha value is -2.33. The molecule has 0 aliphatic rings. The molecular weight excluding hydrogens is 425 g/mol. The van der Waals surface area contributed by atoms with Crippen molar-refractivity contribution >= 4 is 55.2 Å². The summed E-state index contributed by atoms with van der Waals surface area (Å²) in [7, 11) is -1.40. The van der Waals surface area contributed by atoms with Gasteiger partial charge in [0.1, 0.15) is 15.6 Å². The smallest absolute Gasteiger partial charge is 0.258 e. The number of nitrogens with zero attached hydrogens (tertiary/aromatic N) is 2. The summed E-state index contributed by atoms with van der Waals surface area (Å²) < 4.78 is 29.6. The number of nitrogens with one attached hydrogen (secondary N) is 3. The zero-order chi connectivity index (χ0) is 18.7. The highest BCUT2D eigenvalue weighted by Gasteiger charge is 2.17. The van der Waals surface area contributed by atoms with Crippen LogP contribution in [-0.4, -0.2) is 31.1 Å². The molecule has 1 unspecified atom stereocenters. The SMILES string of the molecule is CCCS(=O)Nc1cccc(C(=O)Nc2cnc3n[nH]c(Br)c3c2)c1F. The fraction of sp³-hybridized carbons (Fsp3) is 0.188. The molecule has 0 bridgehead atoms. The first-order valence-electron chi connectivity index (χ1n) is 7.74. The van der Waals surface area contributed by atoms with Crippen LogP contribution in [0.1, 0.15) is 23.7 Å². The van der Waals surface area contributed by atoms with E-state index in [0.29, 0.717) is 33.5 Å². The zero-order valence-corrected chi connectivity index (χ0v) is 16.1. The molecule has 2 heterocycles. The van der Waals surface area contributed by atoms with E-state index >= 15 is 0 Å². The molecule has 0 aliphatic carbocycles. The topological polar surface area (TPSA) is 99.8 Å². The normalized spacial score (nSPS) is 12.1. The summed E-state index contributed by atoms with van der Waals surface area (Å²) >= 11 is 3.30.